The lowest BCUT2D eigenvalue weighted by atomic mass is 9.96. The minimum absolute atomic E-state index is 0.234. The van der Waals surface area contributed by atoms with E-state index in [4.69, 9.17) is 4.84 Å². The van der Waals surface area contributed by atoms with E-state index in [0.717, 1.165) is 24.4 Å². The van der Waals surface area contributed by atoms with Crippen LogP contribution in [-0.4, -0.2) is 29.9 Å². The highest BCUT2D eigenvalue weighted by atomic mass is 16.6. The molecule has 1 saturated heterocycles. The summed E-state index contributed by atoms with van der Waals surface area (Å²) >= 11 is 0. The first-order valence-electron chi connectivity index (χ1n) is 4.80. The molecular weight excluding hydrogens is 178 g/mol. The van der Waals surface area contributed by atoms with Gasteiger partial charge in [0.2, 0.25) is 0 Å². The number of fused-ring (bicyclic) bond motifs is 1. The van der Waals surface area contributed by atoms with Crippen molar-refractivity contribution < 1.29 is 4.84 Å². The van der Waals surface area contributed by atoms with Gasteiger partial charge in [-0.15, -0.1) is 0 Å². The molecule has 0 aliphatic carbocycles. The summed E-state index contributed by atoms with van der Waals surface area (Å²) in [5, 5.41) is 7.44. The van der Waals surface area contributed by atoms with E-state index in [0.29, 0.717) is 5.92 Å². The van der Waals surface area contributed by atoms with E-state index >= 15 is 0 Å². The number of nitrogens with zero attached hydrogens (tertiary/aromatic N) is 2. The summed E-state index contributed by atoms with van der Waals surface area (Å²) < 4.78 is 0. The van der Waals surface area contributed by atoms with Crippen molar-refractivity contribution in [2.75, 3.05) is 13.1 Å². The molecular formula is C10H11N3O. The normalized spacial score (nSPS) is 29.6. The molecule has 0 aromatic carbocycles. The molecule has 1 fully saturated rings. The average molecular weight is 189 g/mol. The molecule has 0 amide bonds. The zero-order valence-electron chi connectivity index (χ0n) is 7.68. The molecule has 2 aliphatic rings. The first-order chi connectivity index (χ1) is 6.95. The molecule has 2 aliphatic heterocycles. The number of aromatic nitrogens is 1. The van der Waals surface area contributed by atoms with Gasteiger partial charge in [-0.3, -0.25) is 4.98 Å². The minimum Gasteiger partial charge on any atom is -0.390 e. The molecule has 0 bridgehead atoms. The van der Waals surface area contributed by atoms with Crippen LogP contribution in [0.2, 0.25) is 0 Å². The summed E-state index contributed by atoms with van der Waals surface area (Å²) in [6.45, 7) is 1.87. The highest BCUT2D eigenvalue weighted by Crippen LogP contribution is 2.25. The van der Waals surface area contributed by atoms with Gasteiger partial charge in [0.15, 0.2) is 0 Å². The molecule has 1 N–H and O–H groups in total. The highest BCUT2D eigenvalue weighted by Gasteiger charge is 2.38. The van der Waals surface area contributed by atoms with Gasteiger partial charge in [-0.25, -0.2) is 0 Å². The van der Waals surface area contributed by atoms with Crippen LogP contribution in [0.15, 0.2) is 29.7 Å². The van der Waals surface area contributed by atoms with Crippen molar-refractivity contribution in [3.63, 3.8) is 0 Å². The van der Waals surface area contributed by atoms with E-state index in [2.05, 4.69) is 15.5 Å². The average Bonchev–Trinajstić information content (AvgIpc) is 2.79. The van der Waals surface area contributed by atoms with E-state index in [1.807, 2.05) is 12.1 Å². The SMILES string of the molecule is c1cc(C2=NOC3CNCC23)ccn1. The Morgan fingerprint density at radius 1 is 1.29 bits per heavy atom. The maximum atomic E-state index is 5.35. The van der Waals surface area contributed by atoms with Crippen molar-refractivity contribution >= 4 is 5.71 Å². The van der Waals surface area contributed by atoms with Crippen molar-refractivity contribution in [3.05, 3.63) is 30.1 Å². The van der Waals surface area contributed by atoms with Crippen molar-refractivity contribution in [3.8, 4) is 0 Å². The Hall–Kier alpha value is -1.42. The zero-order chi connectivity index (χ0) is 9.38. The minimum atomic E-state index is 0.234. The van der Waals surface area contributed by atoms with Gasteiger partial charge >= 0.3 is 0 Å². The second-order valence-electron chi connectivity index (χ2n) is 3.62. The van der Waals surface area contributed by atoms with Gasteiger partial charge in [0.25, 0.3) is 0 Å². The number of oxime groups is 1. The van der Waals surface area contributed by atoms with Gasteiger partial charge in [-0.05, 0) is 12.1 Å². The smallest absolute Gasteiger partial charge is 0.149 e. The maximum Gasteiger partial charge on any atom is 0.149 e. The fourth-order valence-corrected chi connectivity index (χ4v) is 2.02. The Morgan fingerprint density at radius 3 is 3.00 bits per heavy atom. The van der Waals surface area contributed by atoms with E-state index in [1.165, 1.54) is 0 Å². The molecule has 3 heterocycles. The van der Waals surface area contributed by atoms with Crippen LogP contribution in [0.5, 0.6) is 0 Å². The lowest BCUT2D eigenvalue weighted by molar-refractivity contribution is 0.0842. The highest BCUT2D eigenvalue weighted by molar-refractivity contribution is 6.03. The number of hydrogen-bond donors (Lipinski definition) is 1. The van der Waals surface area contributed by atoms with Crippen LogP contribution in [0.1, 0.15) is 5.56 Å². The molecule has 0 saturated carbocycles. The third-order valence-electron chi connectivity index (χ3n) is 2.77. The van der Waals surface area contributed by atoms with Crippen LogP contribution in [0.4, 0.5) is 0 Å². The number of hydrogen-bond acceptors (Lipinski definition) is 4. The fourth-order valence-electron chi connectivity index (χ4n) is 2.02. The second kappa shape index (κ2) is 3.06. The molecule has 0 radical (unpaired) electrons. The van der Waals surface area contributed by atoms with Crippen LogP contribution < -0.4 is 5.32 Å². The van der Waals surface area contributed by atoms with E-state index in [1.54, 1.807) is 12.4 Å². The molecule has 3 rings (SSSR count). The van der Waals surface area contributed by atoms with Gasteiger partial charge < -0.3 is 10.2 Å². The van der Waals surface area contributed by atoms with Crippen LogP contribution in [0.3, 0.4) is 0 Å². The summed E-state index contributed by atoms with van der Waals surface area (Å²) in [4.78, 5) is 9.34. The molecule has 14 heavy (non-hydrogen) atoms. The van der Waals surface area contributed by atoms with Crippen LogP contribution >= 0.6 is 0 Å². The lowest BCUT2D eigenvalue weighted by Crippen LogP contribution is -2.21. The fraction of sp³-hybridized carbons (Fsp3) is 0.400. The molecule has 1 aromatic rings. The Balaban J connectivity index is 1.93. The Kier molecular flexibility index (Phi) is 1.73. The third kappa shape index (κ3) is 1.11. The van der Waals surface area contributed by atoms with Gasteiger partial charge in [0, 0.05) is 31.0 Å². The van der Waals surface area contributed by atoms with Gasteiger partial charge in [0.1, 0.15) is 6.10 Å². The molecule has 2 unspecified atom stereocenters. The summed E-state index contributed by atoms with van der Waals surface area (Å²) in [5.41, 5.74) is 2.18. The Labute approximate surface area is 82.0 Å². The number of rotatable bonds is 1. The monoisotopic (exact) mass is 189 g/mol. The van der Waals surface area contributed by atoms with Crippen LogP contribution in [0.25, 0.3) is 0 Å². The molecule has 0 spiro atoms. The Morgan fingerprint density at radius 2 is 2.14 bits per heavy atom. The van der Waals surface area contributed by atoms with Crippen molar-refractivity contribution in [1.82, 2.24) is 10.3 Å². The quantitative estimate of drug-likeness (QED) is 0.695. The zero-order valence-corrected chi connectivity index (χ0v) is 7.68. The summed E-state index contributed by atoms with van der Waals surface area (Å²) in [6, 6.07) is 3.95. The van der Waals surface area contributed by atoms with Gasteiger partial charge in [-0.2, -0.15) is 0 Å². The third-order valence-corrected chi connectivity index (χ3v) is 2.77. The standard InChI is InChI=1S/C10H11N3O/c1-3-11-4-2-7(1)10-8-5-12-6-9(8)14-13-10/h1-4,8-9,12H,5-6H2. The summed E-state index contributed by atoms with van der Waals surface area (Å²) in [7, 11) is 0. The van der Waals surface area contributed by atoms with Crippen LogP contribution in [-0.2, 0) is 4.84 Å². The Bertz CT molecular complexity index is 363. The first kappa shape index (κ1) is 7.94. The largest absolute Gasteiger partial charge is 0.390 e. The topological polar surface area (TPSA) is 46.5 Å². The van der Waals surface area contributed by atoms with Gasteiger partial charge in [0.05, 0.1) is 11.6 Å². The van der Waals surface area contributed by atoms with E-state index in [9.17, 15) is 0 Å². The summed E-state index contributed by atoms with van der Waals surface area (Å²) in [6.07, 6.45) is 3.80. The molecule has 1 aromatic heterocycles. The molecule has 4 heteroatoms. The van der Waals surface area contributed by atoms with E-state index in [-0.39, 0.29) is 6.10 Å². The predicted molar refractivity (Wildman–Crippen MR) is 52.0 cm³/mol. The van der Waals surface area contributed by atoms with Gasteiger partial charge in [-0.1, -0.05) is 5.16 Å². The van der Waals surface area contributed by atoms with Crippen molar-refractivity contribution in [2.45, 2.75) is 6.10 Å². The molecule has 72 valence electrons. The number of nitrogens with one attached hydrogen (secondary N) is 1. The molecule has 2 atom stereocenters. The number of pyridine rings is 1. The second-order valence-corrected chi connectivity index (χ2v) is 3.62. The summed E-state index contributed by atoms with van der Waals surface area (Å²) in [5.74, 6) is 0.414. The lowest BCUT2D eigenvalue weighted by Gasteiger charge is -2.06. The predicted octanol–water partition coefficient (Wildman–Crippen LogP) is 0.404. The maximum absolute atomic E-state index is 5.35. The molecule has 4 nitrogen and oxygen atoms in total. The van der Waals surface area contributed by atoms with Crippen LogP contribution in [0, 0.1) is 5.92 Å². The van der Waals surface area contributed by atoms with E-state index < -0.39 is 0 Å². The van der Waals surface area contributed by atoms with Crippen molar-refractivity contribution in [1.29, 1.82) is 0 Å². The first-order valence-corrected chi connectivity index (χ1v) is 4.80. The van der Waals surface area contributed by atoms with Crippen molar-refractivity contribution in [2.24, 2.45) is 11.1 Å².